The summed E-state index contributed by atoms with van der Waals surface area (Å²) in [6.45, 7) is 59.2. The predicted octanol–water partition coefficient (Wildman–Crippen LogP) is 17.7. The van der Waals surface area contributed by atoms with E-state index in [0.29, 0.717) is 60.0 Å². The van der Waals surface area contributed by atoms with Crippen molar-refractivity contribution in [1.29, 1.82) is 0 Å². The number of carbonyl (C=O) groups excluding carboxylic acids is 7. The molecule has 8 aromatic carbocycles. The van der Waals surface area contributed by atoms with Crippen molar-refractivity contribution in [2.75, 3.05) is 7.11 Å². The third-order valence-corrected chi connectivity index (χ3v) is 12.4. The van der Waals surface area contributed by atoms with Crippen LogP contribution in [-0.4, -0.2) is 94.9 Å². The molecule has 23 nitrogen and oxygen atoms in total. The summed E-state index contributed by atoms with van der Waals surface area (Å²) >= 11 is 5.54. The first-order valence-corrected chi connectivity index (χ1v) is 37.5. The molecule has 0 spiro atoms. The maximum Gasteiger partial charge on any atom is 0.258 e. The van der Waals surface area contributed by atoms with Crippen LogP contribution in [0.1, 0.15) is 258 Å². The number of rotatable bonds is 11. The lowest BCUT2D eigenvalue weighted by Gasteiger charge is -2.33. The zero-order chi connectivity index (χ0) is 92.3. The minimum atomic E-state index is -1.78. The average Bonchev–Trinajstić information content (AvgIpc) is 0.783. The Morgan fingerprint density at radius 1 is 0.336 bits per heavy atom. The zero-order valence-electron chi connectivity index (χ0n) is 74.2. The predicted molar refractivity (Wildman–Crippen MR) is 473 cm³/mol. The normalized spacial score (nSPS) is 11.5. The van der Waals surface area contributed by atoms with Crippen molar-refractivity contribution >= 4 is 63.7 Å². The summed E-state index contributed by atoms with van der Waals surface area (Å²) in [5, 5.41) is 77.0. The Morgan fingerprint density at radius 2 is 0.647 bits per heavy atom. The number of amides is 7. The van der Waals surface area contributed by atoms with Gasteiger partial charge in [0.1, 0.15) is 45.7 Å². The fourth-order valence-corrected chi connectivity index (χ4v) is 6.91. The molecule has 22 N–H and O–H groups in total. The molecule has 0 aliphatic carbocycles. The highest BCUT2D eigenvalue weighted by molar-refractivity contribution is 6.31. The van der Waals surface area contributed by atoms with E-state index in [1.54, 1.807) is 112 Å². The molecule has 0 aliphatic heterocycles. The van der Waals surface area contributed by atoms with Gasteiger partial charge in [-0.3, -0.25) is 33.6 Å². The Hall–Kier alpha value is -10.7. The van der Waals surface area contributed by atoms with E-state index in [4.69, 9.17) is 76.9 Å². The Balaban J connectivity index is -0.000000392. The smallest absolute Gasteiger partial charge is 0.258 e. The second-order valence-corrected chi connectivity index (χ2v) is 37.5. The number of benzene rings is 8. The van der Waals surface area contributed by atoms with Crippen molar-refractivity contribution in [2.45, 2.75) is 211 Å². The number of fused-ring (bicyclic) bond motifs is 1. The number of aromatic hydroxyl groups is 5. The topological polar surface area (TPSA) is 473 Å². The molecule has 2 atom stereocenters. The highest BCUT2D eigenvalue weighted by atomic mass is 35.5. The second-order valence-electron chi connectivity index (χ2n) is 37.1. The Morgan fingerprint density at radius 3 is 0.905 bits per heavy atom. The molecular weight excluding hydrogens is 1490 g/mol. The fourth-order valence-electron chi connectivity index (χ4n) is 6.74. The van der Waals surface area contributed by atoms with E-state index in [2.05, 4.69) is 166 Å². The van der Waals surface area contributed by atoms with Crippen LogP contribution < -0.4 is 44.9 Å². The third-order valence-electron chi connectivity index (χ3n) is 12.2. The number of nitrogens with two attached hydrogens (primary N) is 7. The molecule has 8 aromatic rings. The van der Waals surface area contributed by atoms with Gasteiger partial charge in [0.2, 0.25) is 5.91 Å². The average molecular weight is 1640 g/mol. The molecule has 0 aliphatic rings. The molecule has 0 heterocycles. The van der Waals surface area contributed by atoms with Gasteiger partial charge in [-0.1, -0.05) is 320 Å². The van der Waals surface area contributed by atoms with E-state index in [0.717, 1.165) is 10.8 Å². The fraction of sp³-hybridized carbons (Fsp3) is 0.424. The third kappa shape index (κ3) is 59.0. The maximum atomic E-state index is 11.6. The molecule has 646 valence electrons. The van der Waals surface area contributed by atoms with Crippen molar-refractivity contribution in [2.24, 2.45) is 78.0 Å². The van der Waals surface area contributed by atoms with Gasteiger partial charge in [-0.15, -0.1) is 0 Å². The molecule has 116 heavy (non-hydrogen) atoms. The first-order valence-electron chi connectivity index (χ1n) is 37.1. The minimum Gasteiger partial charge on any atom is -0.507 e. The van der Waals surface area contributed by atoms with Crippen LogP contribution in [0, 0.1) is 37.9 Å². The van der Waals surface area contributed by atoms with Gasteiger partial charge in [0.05, 0.1) is 23.8 Å². The SMILES string of the molecule is CC(C)(C)C.CC(C)(C)C.CC(C)(C)C.CC(C)(C)C.CC(C)(C)C.CC(C)(C)C.CC(C)(C)C(C)(O)C(N)=O.COc1ccc(C(N)=O)c(O)c1.NC(=O)C(O)(c1ccccc1)c1ccccc1.NC(=O)C(O)c1ccccc1.NC(=O)c1c(O)cccc1O.NC(=O)c1cc(Cl)ccc1O.NC(=O)c1cc2ccccc2cc1O. The van der Waals surface area contributed by atoms with E-state index in [-0.39, 0.29) is 51.0 Å². The first-order chi connectivity index (χ1) is 52.1. The van der Waals surface area contributed by atoms with Gasteiger partial charge in [-0.25, -0.2) is 0 Å². The van der Waals surface area contributed by atoms with Crippen LogP contribution in [0.4, 0.5) is 0 Å². The first kappa shape index (κ1) is 114. The van der Waals surface area contributed by atoms with Crippen LogP contribution in [0.15, 0.2) is 182 Å². The number of phenols is 5. The lowest BCUT2D eigenvalue weighted by atomic mass is 9.77. The quantitative estimate of drug-likeness (QED) is 0.0572. The van der Waals surface area contributed by atoms with Crippen molar-refractivity contribution < 1.29 is 79.2 Å². The summed E-state index contributed by atoms with van der Waals surface area (Å²) in [7, 11) is 1.47. The summed E-state index contributed by atoms with van der Waals surface area (Å²) in [6.07, 6.45) is -1.18. The van der Waals surface area contributed by atoms with E-state index in [1.807, 2.05) is 36.4 Å². The molecular formula is C92H140ClN7O16. The monoisotopic (exact) mass is 1630 g/mol. The lowest BCUT2D eigenvalue weighted by molar-refractivity contribution is -0.145. The molecule has 0 bridgehead atoms. The van der Waals surface area contributed by atoms with Crippen molar-refractivity contribution in [3.05, 3.63) is 226 Å². The standard InChI is InChI=1S/C14H13NO2.C11H9NO2.C8H9NO3.C8H9NO2.C7H6ClNO2.C7H7NO3.C7H15NO2.6C5H12/c15-13(16)14(17,11-7-3-1-4-8-11)12-9-5-2-6-10-12;12-11(14)9-5-7-3-1-2-4-8(7)6-10(9)13;1-12-5-2-3-6(8(9)11)7(10)4-5;9-8(11)7(10)6-4-2-1-3-5-6;8-4-1-2-6(10)5(3-4)7(9)11;8-7(11)6-4(9)2-1-3-5(6)10;1-6(2,3)7(4,10)5(8)9;6*1-5(2,3)4/h1-10,17H,(H2,15,16);1-6,13H,(H2,12,14);2-4,10H,1H3,(H2,9,11);1-5,7,10H,(H2,9,11);1-3,10H,(H2,9,11);1-3,9-10H,(H2,8,11);10H,1-4H3,(H2,8,9);6*1-4H3. The number of carbonyl (C=O) groups is 7. The Kier molecular flexibility index (Phi) is 51.0. The van der Waals surface area contributed by atoms with Crippen LogP contribution in [0.2, 0.25) is 5.02 Å². The van der Waals surface area contributed by atoms with Gasteiger partial charge in [0, 0.05) is 11.1 Å². The Bertz CT molecular complexity index is 4050. The van der Waals surface area contributed by atoms with Crippen LogP contribution in [0.3, 0.4) is 0 Å². The van der Waals surface area contributed by atoms with Crippen LogP contribution in [0.5, 0.6) is 34.5 Å². The summed E-state index contributed by atoms with van der Waals surface area (Å²) in [6, 6.07) is 48.9. The summed E-state index contributed by atoms with van der Waals surface area (Å²) in [5.74, 6) is -5.52. The molecule has 0 aromatic heterocycles. The minimum absolute atomic E-state index is 0.0394. The van der Waals surface area contributed by atoms with E-state index >= 15 is 0 Å². The number of aliphatic hydroxyl groups excluding tert-OH is 1. The van der Waals surface area contributed by atoms with E-state index < -0.39 is 64.1 Å². The highest BCUT2D eigenvalue weighted by Crippen LogP contribution is 2.32. The van der Waals surface area contributed by atoms with Crippen LogP contribution >= 0.6 is 11.6 Å². The molecule has 7 amide bonds. The molecule has 0 fully saturated rings. The van der Waals surface area contributed by atoms with E-state index in [9.17, 15) is 54.0 Å². The van der Waals surface area contributed by atoms with Gasteiger partial charge in [0.25, 0.3) is 35.4 Å². The molecule has 24 heteroatoms. The molecule has 0 saturated heterocycles. The second kappa shape index (κ2) is 52.0. The molecule has 2 unspecified atom stereocenters. The zero-order valence-corrected chi connectivity index (χ0v) is 74.9. The van der Waals surface area contributed by atoms with Crippen molar-refractivity contribution in [3.8, 4) is 34.5 Å². The lowest BCUT2D eigenvalue weighted by Crippen LogP contribution is -2.50. The van der Waals surface area contributed by atoms with Crippen molar-refractivity contribution in [1.82, 2.24) is 0 Å². The number of hydrogen-bond donors (Lipinski definition) is 15. The summed E-state index contributed by atoms with van der Waals surface area (Å²) in [5.41, 5.74) is 35.9. The van der Waals surface area contributed by atoms with Gasteiger partial charge >= 0.3 is 0 Å². The number of hydrogen-bond acceptors (Lipinski definition) is 16. The van der Waals surface area contributed by atoms with Crippen LogP contribution in [0.25, 0.3) is 10.8 Å². The van der Waals surface area contributed by atoms with Crippen molar-refractivity contribution in [3.63, 3.8) is 0 Å². The highest BCUT2D eigenvalue weighted by Gasteiger charge is 2.41. The van der Waals surface area contributed by atoms with Gasteiger partial charge in [-0.2, -0.15) is 0 Å². The largest absolute Gasteiger partial charge is 0.507 e. The Labute approximate surface area is 696 Å². The number of aliphatic hydroxyl groups is 3. The molecule has 0 radical (unpaired) electrons. The van der Waals surface area contributed by atoms with Gasteiger partial charge in [0.15, 0.2) is 11.7 Å². The number of methoxy groups -OCH3 is 1. The molecule has 8 rings (SSSR count). The summed E-state index contributed by atoms with van der Waals surface area (Å²) < 4.78 is 4.82. The molecule has 0 saturated carbocycles. The van der Waals surface area contributed by atoms with Gasteiger partial charge in [-0.05, 0) is 127 Å². The number of primary amides is 7. The summed E-state index contributed by atoms with van der Waals surface area (Å²) in [4.78, 5) is 75.4. The van der Waals surface area contributed by atoms with E-state index in [1.165, 1.54) is 68.6 Å². The van der Waals surface area contributed by atoms with Crippen LogP contribution in [-0.2, 0) is 20.0 Å². The number of halogens is 1. The maximum absolute atomic E-state index is 11.6. The number of ether oxygens (including phenoxy) is 1. The van der Waals surface area contributed by atoms with Gasteiger partial charge < -0.3 is 85.7 Å².